The summed E-state index contributed by atoms with van der Waals surface area (Å²) in [5.41, 5.74) is 1.43. The first kappa shape index (κ1) is 11.4. The van der Waals surface area contributed by atoms with Gasteiger partial charge in [0.2, 0.25) is 5.78 Å². The molecule has 0 aliphatic carbocycles. The molecule has 0 saturated carbocycles. The van der Waals surface area contributed by atoms with Crippen molar-refractivity contribution in [2.75, 3.05) is 0 Å². The van der Waals surface area contributed by atoms with Crippen molar-refractivity contribution >= 4 is 39.5 Å². The zero-order chi connectivity index (χ0) is 12.5. The smallest absolute Gasteiger partial charge is 0.204 e. The lowest BCUT2D eigenvalue weighted by atomic mass is 10.2. The second-order valence-electron chi connectivity index (χ2n) is 3.81. The first-order valence-electron chi connectivity index (χ1n) is 5.44. The van der Waals surface area contributed by atoms with Gasteiger partial charge < -0.3 is 0 Å². The Morgan fingerprint density at radius 1 is 1.39 bits per heavy atom. The zero-order valence-electron chi connectivity index (χ0n) is 9.66. The van der Waals surface area contributed by atoms with Crippen LogP contribution in [0.1, 0.15) is 21.1 Å². The number of hydrogen-bond acceptors (Lipinski definition) is 4. The van der Waals surface area contributed by atoms with E-state index in [0.29, 0.717) is 5.69 Å². The predicted octanol–water partition coefficient (Wildman–Crippen LogP) is 3.66. The maximum atomic E-state index is 12.2. The van der Waals surface area contributed by atoms with Gasteiger partial charge in [0, 0.05) is 16.5 Å². The quantitative estimate of drug-likeness (QED) is 0.539. The summed E-state index contributed by atoms with van der Waals surface area (Å²) in [6.07, 6.45) is 5.34. The third kappa shape index (κ3) is 1.91. The molecule has 0 saturated heterocycles. The molecule has 0 amide bonds. The molecule has 5 heteroatoms. The minimum absolute atomic E-state index is 0.00759. The van der Waals surface area contributed by atoms with Crippen molar-refractivity contribution in [2.24, 2.45) is 0 Å². The van der Waals surface area contributed by atoms with Crippen LogP contribution in [0.3, 0.4) is 0 Å². The third-order valence-corrected chi connectivity index (χ3v) is 4.21. The number of aromatic nitrogens is 2. The van der Waals surface area contributed by atoms with Crippen LogP contribution in [-0.4, -0.2) is 15.2 Å². The van der Waals surface area contributed by atoms with Crippen molar-refractivity contribution in [2.45, 2.75) is 6.92 Å². The molecule has 0 aliphatic rings. The lowest BCUT2D eigenvalue weighted by molar-refractivity contribution is 0.104. The van der Waals surface area contributed by atoms with Gasteiger partial charge in [0.15, 0.2) is 4.96 Å². The monoisotopic (exact) mass is 274 g/mol. The van der Waals surface area contributed by atoms with Crippen LogP contribution in [-0.2, 0) is 0 Å². The molecule has 90 valence electrons. The largest absolute Gasteiger partial charge is 0.288 e. The number of allylic oxidation sites excluding steroid dienone is 1. The molecule has 0 N–H and O–H groups in total. The SMILES string of the molecule is Cc1nc2sccn2c1C(=O)/C=C/c1cccs1. The summed E-state index contributed by atoms with van der Waals surface area (Å²) in [7, 11) is 0. The van der Waals surface area contributed by atoms with E-state index in [-0.39, 0.29) is 5.78 Å². The van der Waals surface area contributed by atoms with E-state index >= 15 is 0 Å². The molecule has 0 unspecified atom stereocenters. The van der Waals surface area contributed by atoms with Crippen LogP contribution >= 0.6 is 22.7 Å². The van der Waals surface area contributed by atoms with Gasteiger partial charge in [-0.2, -0.15) is 0 Å². The number of carbonyl (C=O) groups is 1. The highest BCUT2D eigenvalue weighted by atomic mass is 32.1. The van der Waals surface area contributed by atoms with E-state index in [4.69, 9.17) is 0 Å². The van der Waals surface area contributed by atoms with Gasteiger partial charge in [-0.15, -0.1) is 22.7 Å². The molecule has 3 aromatic heterocycles. The fraction of sp³-hybridized carbons (Fsp3) is 0.0769. The van der Waals surface area contributed by atoms with Crippen molar-refractivity contribution in [3.63, 3.8) is 0 Å². The standard InChI is InChI=1S/C13H10N2OS2/c1-9-12(15-6-8-18-13(15)14-9)11(16)5-4-10-3-2-7-17-10/h2-8H,1H3/b5-4+. The van der Waals surface area contributed by atoms with Gasteiger partial charge in [0.05, 0.1) is 5.69 Å². The maximum absolute atomic E-state index is 12.2. The van der Waals surface area contributed by atoms with Crippen LogP contribution in [0.25, 0.3) is 11.0 Å². The molecular formula is C13H10N2OS2. The second-order valence-corrected chi connectivity index (χ2v) is 5.67. The Labute approximate surface area is 112 Å². The summed E-state index contributed by atoms with van der Waals surface area (Å²) in [5, 5.41) is 3.92. The number of carbonyl (C=O) groups excluding carboxylic acids is 1. The molecule has 0 spiro atoms. The third-order valence-electron chi connectivity index (χ3n) is 2.61. The number of nitrogens with zero attached hydrogens (tertiary/aromatic N) is 2. The number of fused-ring (bicyclic) bond motifs is 1. The number of thiophene rings is 1. The fourth-order valence-electron chi connectivity index (χ4n) is 1.81. The van der Waals surface area contributed by atoms with Crippen molar-refractivity contribution in [1.82, 2.24) is 9.38 Å². The van der Waals surface area contributed by atoms with Gasteiger partial charge in [0.25, 0.3) is 0 Å². The van der Waals surface area contributed by atoms with Crippen LogP contribution < -0.4 is 0 Å². The van der Waals surface area contributed by atoms with Gasteiger partial charge in [-0.25, -0.2) is 4.98 Å². The molecule has 0 bridgehead atoms. The molecule has 3 aromatic rings. The van der Waals surface area contributed by atoms with Crippen molar-refractivity contribution in [3.05, 3.63) is 51.4 Å². The van der Waals surface area contributed by atoms with Crippen LogP contribution in [0.5, 0.6) is 0 Å². The Morgan fingerprint density at radius 2 is 2.28 bits per heavy atom. The molecular weight excluding hydrogens is 264 g/mol. The Bertz CT molecular complexity index is 719. The number of hydrogen-bond donors (Lipinski definition) is 0. The van der Waals surface area contributed by atoms with Crippen molar-refractivity contribution < 1.29 is 4.79 Å². The molecule has 0 radical (unpaired) electrons. The van der Waals surface area contributed by atoms with Gasteiger partial charge in [0.1, 0.15) is 5.69 Å². The maximum Gasteiger partial charge on any atom is 0.204 e. The highest BCUT2D eigenvalue weighted by molar-refractivity contribution is 7.15. The number of aryl methyl sites for hydroxylation is 1. The van der Waals surface area contributed by atoms with Gasteiger partial charge in [-0.3, -0.25) is 9.20 Å². The van der Waals surface area contributed by atoms with E-state index in [1.807, 2.05) is 46.5 Å². The molecule has 0 atom stereocenters. The average Bonchev–Trinajstić information content (AvgIpc) is 3.01. The Kier molecular flexibility index (Phi) is 2.85. The molecule has 3 nitrogen and oxygen atoms in total. The van der Waals surface area contributed by atoms with E-state index in [9.17, 15) is 4.79 Å². The summed E-state index contributed by atoms with van der Waals surface area (Å²) >= 11 is 3.15. The van der Waals surface area contributed by atoms with Gasteiger partial charge in [-0.05, 0) is 30.5 Å². The van der Waals surface area contributed by atoms with E-state index in [1.54, 1.807) is 17.4 Å². The summed E-state index contributed by atoms with van der Waals surface area (Å²) in [4.78, 5) is 18.5. The fourth-order valence-corrected chi connectivity index (χ4v) is 3.19. The first-order valence-corrected chi connectivity index (χ1v) is 7.20. The molecule has 18 heavy (non-hydrogen) atoms. The lowest BCUT2D eigenvalue weighted by Gasteiger charge is -1.94. The predicted molar refractivity (Wildman–Crippen MR) is 75.5 cm³/mol. The van der Waals surface area contributed by atoms with E-state index in [0.717, 1.165) is 15.5 Å². The molecule has 0 aliphatic heterocycles. The van der Waals surface area contributed by atoms with Crippen molar-refractivity contribution in [1.29, 1.82) is 0 Å². The lowest BCUT2D eigenvalue weighted by Crippen LogP contribution is -2.00. The summed E-state index contributed by atoms with van der Waals surface area (Å²) < 4.78 is 1.85. The average molecular weight is 274 g/mol. The molecule has 0 aromatic carbocycles. The molecule has 3 rings (SSSR count). The minimum atomic E-state index is -0.00759. The summed E-state index contributed by atoms with van der Waals surface area (Å²) in [6.45, 7) is 1.87. The Balaban J connectivity index is 1.97. The number of rotatable bonds is 3. The normalized spacial score (nSPS) is 11.6. The number of thiazole rings is 1. The van der Waals surface area contributed by atoms with Crippen LogP contribution in [0.2, 0.25) is 0 Å². The van der Waals surface area contributed by atoms with Crippen molar-refractivity contribution in [3.8, 4) is 0 Å². The highest BCUT2D eigenvalue weighted by Gasteiger charge is 2.14. The Hall–Kier alpha value is -1.72. The second kappa shape index (κ2) is 4.51. The first-order chi connectivity index (χ1) is 8.75. The van der Waals surface area contributed by atoms with Crippen LogP contribution in [0.15, 0.2) is 35.2 Å². The molecule has 0 fully saturated rings. The van der Waals surface area contributed by atoms with E-state index in [2.05, 4.69) is 4.98 Å². The topological polar surface area (TPSA) is 34.4 Å². The van der Waals surface area contributed by atoms with E-state index < -0.39 is 0 Å². The highest BCUT2D eigenvalue weighted by Crippen LogP contribution is 2.18. The van der Waals surface area contributed by atoms with Gasteiger partial charge >= 0.3 is 0 Å². The van der Waals surface area contributed by atoms with E-state index in [1.165, 1.54) is 11.3 Å². The number of ketones is 1. The number of imidazole rings is 1. The summed E-state index contributed by atoms with van der Waals surface area (Å²) in [5.74, 6) is -0.00759. The minimum Gasteiger partial charge on any atom is -0.288 e. The van der Waals surface area contributed by atoms with Crippen LogP contribution in [0, 0.1) is 6.92 Å². The van der Waals surface area contributed by atoms with Crippen LogP contribution in [0.4, 0.5) is 0 Å². The molecule has 3 heterocycles. The zero-order valence-corrected chi connectivity index (χ0v) is 11.3. The van der Waals surface area contributed by atoms with Gasteiger partial charge in [-0.1, -0.05) is 6.07 Å². The Morgan fingerprint density at radius 3 is 3.06 bits per heavy atom. The summed E-state index contributed by atoms with van der Waals surface area (Å²) in [6, 6.07) is 3.95.